The lowest BCUT2D eigenvalue weighted by atomic mass is 9.88. The molecule has 14 heavy (non-hydrogen) atoms. The highest BCUT2D eigenvalue weighted by Crippen LogP contribution is 2.17. The summed E-state index contributed by atoms with van der Waals surface area (Å²) >= 11 is 0. The molecule has 0 saturated carbocycles. The first-order chi connectivity index (χ1) is 6.39. The van der Waals surface area contributed by atoms with E-state index in [-0.39, 0.29) is 11.2 Å². The van der Waals surface area contributed by atoms with E-state index in [2.05, 4.69) is 4.98 Å². The predicted molar refractivity (Wildman–Crippen MR) is 57.1 cm³/mol. The number of rotatable bonds is 2. The van der Waals surface area contributed by atoms with Gasteiger partial charge in [0.2, 0.25) is 0 Å². The van der Waals surface area contributed by atoms with Gasteiger partial charge in [-0.1, -0.05) is 26.8 Å². The molecule has 0 aliphatic heterocycles. The van der Waals surface area contributed by atoms with Gasteiger partial charge in [0.05, 0.1) is 0 Å². The van der Waals surface area contributed by atoms with E-state index in [0.29, 0.717) is 6.42 Å². The van der Waals surface area contributed by atoms with Crippen LogP contribution in [0.3, 0.4) is 0 Å². The lowest BCUT2D eigenvalue weighted by Crippen LogP contribution is -2.22. The average Bonchev–Trinajstić information content (AvgIpc) is 2.02. The second kappa shape index (κ2) is 3.91. The number of hydrogen-bond donors (Lipinski definition) is 0. The molecule has 0 atom stereocenters. The Morgan fingerprint density at radius 3 is 2.50 bits per heavy atom. The molecule has 1 rings (SSSR count). The van der Waals surface area contributed by atoms with E-state index >= 15 is 0 Å². The van der Waals surface area contributed by atoms with E-state index < -0.39 is 0 Å². The summed E-state index contributed by atoms with van der Waals surface area (Å²) in [6.07, 6.45) is 0.436. The number of nitrogens with zero attached hydrogens (tertiary/aromatic N) is 1. The number of Topliss-reactive ketones (excluding diaryl/α,β-unsaturated/α-hetero) is 1. The van der Waals surface area contributed by atoms with Crippen LogP contribution in [0, 0.1) is 12.3 Å². The monoisotopic (exact) mass is 191 g/mol. The van der Waals surface area contributed by atoms with Crippen LogP contribution >= 0.6 is 0 Å². The standard InChI is InChI=1S/C12H17NO/c1-9-6-5-7-10(13-9)8-11(14)12(2,3)4/h5-7H,8H2,1-4H3. The molecular weight excluding hydrogens is 174 g/mol. The van der Waals surface area contributed by atoms with Gasteiger partial charge in [-0.05, 0) is 19.1 Å². The highest BCUT2D eigenvalue weighted by Gasteiger charge is 2.21. The van der Waals surface area contributed by atoms with Crippen molar-refractivity contribution in [3.63, 3.8) is 0 Å². The molecule has 0 amide bonds. The molecule has 0 aliphatic carbocycles. The molecule has 0 unspecified atom stereocenters. The fourth-order valence-electron chi connectivity index (χ4n) is 1.13. The first kappa shape index (κ1) is 10.9. The Balaban J connectivity index is 2.75. The molecule has 2 heteroatoms. The van der Waals surface area contributed by atoms with Crippen molar-refractivity contribution in [2.24, 2.45) is 5.41 Å². The van der Waals surface area contributed by atoms with Gasteiger partial charge in [-0.3, -0.25) is 9.78 Å². The predicted octanol–water partition coefficient (Wildman–Crippen LogP) is 2.55. The summed E-state index contributed by atoms with van der Waals surface area (Å²) in [4.78, 5) is 16.0. The van der Waals surface area contributed by atoms with Crippen molar-refractivity contribution >= 4 is 5.78 Å². The zero-order valence-corrected chi connectivity index (χ0v) is 9.29. The third-order valence-corrected chi connectivity index (χ3v) is 2.12. The first-order valence-electron chi connectivity index (χ1n) is 4.85. The van der Waals surface area contributed by atoms with Crippen LogP contribution in [0.1, 0.15) is 32.2 Å². The van der Waals surface area contributed by atoms with E-state index in [1.54, 1.807) is 0 Å². The topological polar surface area (TPSA) is 30.0 Å². The molecule has 0 spiro atoms. The van der Waals surface area contributed by atoms with Crippen LogP contribution in [0.5, 0.6) is 0 Å². The molecule has 0 bridgehead atoms. The van der Waals surface area contributed by atoms with Crippen LogP contribution in [-0.4, -0.2) is 10.8 Å². The Morgan fingerprint density at radius 2 is 2.00 bits per heavy atom. The van der Waals surface area contributed by atoms with E-state index in [1.807, 2.05) is 45.9 Å². The second-order valence-electron chi connectivity index (χ2n) is 4.62. The molecule has 76 valence electrons. The summed E-state index contributed by atoms with van der Waals surface area (Å²) in [6, 6.07) is 5.77. The molecular formula is C12H17NO. The summed E-state index contributed by atoms with van der Waals surface area (Å²) < 4.78 is 0. The first-order valence-corrected chi connectivity index (χ1v) is 4.85. The summed E-state index contributed by atoms with van der Waals surface area (Å²) in [5, 5.41) is 0. The van der Waals surface area contributed by atoms with Gasteiger partial charge in [-0.2, -0.15) is 0 Å². The number of carbonyl (C=O) groups excluding carboxylic acids is 1. The second-order valence-corrected chi connectivity index (χ2v) is 4.62. The molecule has 0 saturated heterocycles. The molecule has 0 aromatic carbocycles. The normalized spacial score (nSPS) is 11.4. The SMILES string of the molecule is Cc1cccc(CC(=O)C(C)(C)C)n1. The quantitative estimate of drug-likeness (QED) is 0.719. The van der Waals surface area contributed by atoms with Crippen molar-refractivity contribution in [1.29, 1.82) is 0 Å². The zero-order valence-electron chi connectivity index (χ0n) is 9.29. The van der Waals surface area contributed by atoms with Gasteiger partial charge < -0.3 is 0 Å². The maximum Gasteiger partial charge on any atom is 0.144 e. The Labute approximate surface area is 85.4 Å². The number of aryl methyl sites for hydroxylation is 1. The van der Waals surface area contributed by atoms with E-state index in [1.165, 1.54) is 0 Å². The van der Waals surface area contributed by atoms with Gasteiger partial charge in [0.25, 0.3) is 0 Å². The van der Waals surface area contributed by atoms with E-state index in [0.717, 1.165) is 11.4 Å². The smallest absolute Gasteiger partial charge is 0.144 e. The van der Waals surface area contributed by atoms with Crippen LogP contribution in [0.25, 0.3) is 0 Å². The number of pyridine rings is 1. The molecule has 0 radical (unpaired) electrons. The highest BCUT2D eigenvalue weighted by atomic mass is 16.1. The summed E-state index contributed by atoms with van der Waals surface area (Å²) in [5.74, 6) is 0.232. The number of aromatic nitrogens is 1. The minimum absolute atomic E-state index is 0.232. The van der Waals surface area contributed by atoms with Crippen molar-refractivity contribution in [2.45, 2.75) is 34.1 Å². The average molecular weight is 191 g/mol. The Morgan fingerprint density at radius 1 is 1.36 bits per heavy atom. The summed E-state index contributed by atoms with van der Waals surface area (Å²) in [6.45, 7) is 7.74. The summed E-state index contributed by atoms with van der Waals surface area (Å²) in [5.41, 5.74) is 1.56. The lowest BCUT2D eigenvalue weighted by molar-refractivity contribution is -0.125. The van der Waals surface area contributed by atoms with Crippen LogP contribution in [0.4, 0.5) is 0 Å². The third-order valence-electron chi connectivity index (χ3n) is 2.12. The molecule has 1 aromatic heterocycles. The fraction of sp³-hybridized carbons (Fsp3) is 0.500. The number of carbonyl (C=O) groups is 1. The molecule has 0 fully saturated rings. The van der Waals surface area contributed by atoms with Crippen LogP contribution in [0.2, 0.25) is 0 Å². The van der Waals surface area contributed by atoms with Crippen molar-refractivity contribution < 1.29 is 4.79 Å². The molecule has 1 aromatic rings. The van der Waals surface area contributed by atoms with Crippen molar-refractivity contribution in [1.82, 2.24) is 4.98 Å². The van der Waals surface area contributed by atoms with Crippen LogP contribution < -0.4 is 0 Å². The maximum atomic E-state index is 11.7. The van der Waals surface area contributed by atoms with Crippen molar-refractivity contribution in [3.8, 4) is 0 Å². The minimum Gasteiger partial charge on any atom is -0.299 e. The Bertz CT molecular complexity index is 336. The van der Waals surface area contributed by atoms with E-state index in [4.69, 9.17) is 0 Å². The van der Waals surface area contributed by atoms with Gasteiger partial charge in [0, 0.05) is 23.2 Å². The van der Waals surface area contributed by atoms with Gasteiger partial charge in [-0.25, -0.2) is 0 Å². The van der Waals surface area contributed by atoms with Gasteiger partial charge in [0.1, 0.15) is 5.78 Å². The minimum atomic E-state index is -0.272. The maximum absolute atomic E-state index is 11.7. The summed E-state index contributed by atoms with van der Waals surface area (Å²) in [7, 11) is 0. The van der Waals surface area contributed by atoms with Gasteiger partial charge in [-0.15, -0.1) is 0 Å². The van der Waals surface area contributed by atoms with Gasteiger partial charge in [0.15, 0.2) is 0 Å². The van der Waals surface area contributed by atoms with Gasteiger partial charge >= 0.3 is 0 Å². The van der Waals surface area contributed by atoms with E-state index in [9.17, 15) is 4.79 Å². The fourth-order valence-corrected chi connectivity index (χ4v) is 1.13. The number of ketones is 1. The molecule has 0 aliphatic rings. The van der Waals surface area contributed by atoms with Crippen LogP contribution in [-0.2, 0) is 11.2 Å². The Hall–Kier alpha value is -1.18. The highest BCUT2D eigenvalue weighted by molar-refractivity contribution is 5.85. The molecule has 2 nitrogen and oxygen atoms in total. The molecule has 0 N–H and O–H groups in total. The van der Waals surface area contributed by atoms with Crippen molar-refractivity contribution in [2.75, 3.05) is 0 Å². The third kappa shape index (κ3) is 2.95. The van der Waals surface area contributed by atoms with Crippen molar-refractivity contribution in [3.05, 3.63) is 29.6 Å². The zero-order chi connectivity index (χ0) is 10.8. The Kier molecular flexibility index (Phi) is 3.04. The largest absolute Gasteiger partial charge is 0.299 e. The molecule has 1 heterocycles. The van der Waals surface area contributed by atoms with Crippen LogP contribution in [0.15, 0.2) is 18.2 Å². The lowest BCUT2D eigenvalue weighted by Gasteiger charge is -2.15. The number of hydrogen-bond acceptors (Lipinski definition) is 2.